The number of rotatable bonds is 7. The van der Waals surface area contributed by atoms with E-state index in [0.29, 0.717) is 5.95 Å². The molecule has 1 aliphatic carbocycles. The number of aliphatic hydroxyl groups excluding tert-OH is 1. The van der Waals surface area contributed by atoms with Crippen molar-refractivity contribution in [1.82, 2.24) is 39.1 Å². The normalized spacial score (nSPS) is 25.2. The molecule has 2 bridgehead atoms. The van der Waals surface area contributed by atoms with Gasteiger partial charge in [-0.1, -0.05) is 0 Å². The highest BCUT2D eigenvalue weighted by atomic mass is 16.3. The largest absolute Gasteiger partial charge is 0.377 e. The van der Waals surface area contributed by atoms with Gasteiger partial charge in [0.25, 0.3) is 0 Å². The van der Waals surface area contributed by atoms with E-state index >= 15 is 0 Å². The van der Waals surface area contributed by atoms with Crippen molar-refractivity contribution in [2.45, 2.75) is 57.0 Å². The highest BCUT2D eigenvalue weighted by Crippen LogP contribution is 2.48. The molecule has 2 N–H and O–H groups in total. The summed E-state index contributed by atoms with van der Waals surface area (Å²) in [4.78, 5) is 26.2. The van der Waals surface area contributed by atoms with Crippen molar-refractivity contribution >= 4 is 28.9 Å². The van der Waals surface area contributed by atoms with Gasteiger partial charge in [0, 0.05) is 63.7 Å². The molecular weight excluding hydrogens is 522 g/mol. The van der Waals surface area contributed by atoms with Crippen LogP contribution in [0.25, 0.3) is 5.65 Å². The van der Waals surface area contributed by atoms with Gasteiger partial charge in [0.1, 0.15) is 12.8 Å². The van der Waals surface area contributed by atoms with Gasteiger partial charge in [0.15, 0.2) is 5.65 Å². The Morgan fingerprint density at radius 2 is 1.98 bits per heavy atom. The van der Waals surface area contributed by atoms with Crippen LogP contribution >= 0.6 is 0 Å². The van der Waals surface area contributed by atoms with Gasteiger partial charge in [-0.25, -0.2) is 4.52 Å². The molecule has 3 aromatic rings. The molecule has 216 valence electrons. The number of nitriles is 1. The highest BCUT2D eigenvalue weighted by molar-refractivity contribution is 5.76. The van der Waals surface area contributed by atoms with Crippen molar-refractivity contribution in [3.63, 3.8) is 0 Å². The maximum atomic E-state index is 12.7. The van der Waals surface area contributed by atoms with Gasteiger partial charge < -0.3 is 25.1 Å². The number of hydrogen-bond donors (Lipinski definition) is 2. The molecule has 4 fully saturated rings. The molecule has 0 radical (unpaired) electrons. The van der Waals surface area contributed by atoms with Crippen molar-refractivity contribution in [2.75, 3.05) is 56.5 Å². The first-order valence-electron chi connectivity index (χ1n) is 14.7. The molecule has 3 aromatic heterocycles. The van der Waals surface area contributed by atoms with Gasteiger partial charge in [-0.15, -0.1) is 5.10 Å². The maximum Gasteiger partial charge on any atom is 0.247 e. The molecule has 0 aromatic carbocycles. The van der Waals surface area contributed by atoms with Gasteiger partial charge in [-0.05, 0) is 51.3 Å². The predicted molar refractivity (Wildman–Crippen MR) is 151 cm³/mol. The van der Waals surface area contributed by atoms with Crippen LogP contribution < -0.4 is 10.2 Å². The Bertz CT molecular complexity index is 1450. The third kappa shape index (κ3) is 4.69. The number of anilines is 3. The lowest BCUT2D eigenvalue weighted by atomic mass is 9.68. The second-order valence-corrected chi connectivity index (χ2v) is 12.1. The molecule has 3 unspecified atom stereocenters. The number of pyridine rings is 1. The number of hydrogen-bond acceptors (Lipinski definition) is 10. The smallest absolute Gasteiger partial charge is 0.247 e. The summed E-state index contributed by atoms with van der Waals surface area (Å²) < 4.78 is 3.43. The first-order chi connectivity index (χ1) is 19.9. The molecule has 1 amide bonds. The lowest BCUT2D eigenvalue weighted by Crippen LogP contribution is -2.62. The summed E-state index contributed by atoms with van der Waals surface area (Å²) in [6, 6.07) is 6.90. The van der Waals surface area contributed by atoms with Gasteiger partial charge in [0.2, 0.25) is 11.9 Å². The van der Waals surface area contributed by atoms with Gasteiger partial charge in [0.05, 0.1) is 29.1 Å². The molecule has 3 saturated heterocycles. The zero-order valence-corrected chi connectivity index (χ0v) is 23.4. The minimum absolute atomic E-state index is 0.0697. The van der Waals surface area contributed by atoms with E-state index in [1.54, 1.807) is 21.6 Å². The molecule has 4 aliphatic rings. The Kier molecular flexibility index (Phi) is 6.56. The Balaban J connectivity index is 1.03. The summed E-state index contributed by atoms with van der Waals surface area (Å²) in [6.07, 6.45) is 9.29. The Morgan fingerprint density at radius 1 is 1.22 bits per heavy atom. The Hall–Kier alpha value is -3.73. The molecule has 6 heterocycles. The van der Waals surface area contributed by atoms with Crippen molar-refractivity contribution < 1.29 is 9.90 Å². The fraction of sp³-hybridized carbons (Fsp3) is 0.607. The topological polar surface area (TPSA) is 134 Å². The summed E-state index contributed by atoms with van der Waals surface area (Å²) in [7, 11) is 2.07. The monoisotopic (exact) mass is 559 g/mol. The molecule has 3 aliphatic heterocycles. The standard InChI is InChI=1S/C28H37N11O2/c1-34-10-12-35(13-11-34)24(40)18-37-15-20(14-30-37)31-27-32-25-23(4-2-9-38(25)33-27)36-16-21-5-6-22(17-36)39(21)26(41)28(19-29)7-3-8-28/h2,4,9,14-15,21-22,26,41H,3,5-8,10-13,16-18H2,1H3,(H,31,33). The lowest BCUT2D eigenvalue weighted by molar-refractivity contribution is -0.133. The van der Waals surface area contributed by atoms with Gasteiger partial charge in [-0.2, -0.15) is 15.3 Å². The second kappa shape index (κ2) is 10.3. The number of nitrogens with one attached hydrogen (secondary N) is 1. The van der Waals surface area contributed by atoms with E-state index in [1.165, 1.54) is 0 Å². The van der Waals surface area contributed by atoms with E-state index in [9.17, 15) is 15.2 Å². The van der Waals surface area contributed by atoms with E-state index in [2.05, 4.69) is 49.4 Å². The summed E-state index contributed by atoms with van der Waals surface area (Å²) in [5.74, 6) is 0.528. The number of amides is 1. The first kappa shape index (κ1) is 26.2. The van der Waals surface area contributed by atoms with Crippen LogP contribution in [-0.2, 0) is 11.3 Å². The van der Waals surface area contributed by atoms with Crippen LogP contribution in [0.4, 0.5) is 17.3 Å². The first-order valence-corrected chi connectivity index (χ1v) is 14.7. The summed E-state index contributed by atoms with van der Waals surface area (Å²) in [5.41, 5.74) is 1.87. The Morgan fingerprint density at radius 3 is 2.66 bits per heavy atom. The number of aliphatic hydroxyl groups is 1. The minimum atomic E-state index is -0.696. The number of carbonyl (C=O) groups is 1. The number of nitrogens with zero attached hydrogens (tertiary/aromatic N) is 10. The molecule has 13 nitrogen and oxygen atoms in total. The van der Waals surface area contributed by atoms with Crippen molar-refractivity contribution in [1.29, 1.82) is 5.26 Å². The minimum Gasteiger partial charge on any atom is -0.377 e. The van der Waals surface area contributed by atoms with Gasteiger partial charge >= 0.3 is 0 Å². The van der Waals surface area contributed by atoms with Crippen LogP contribution in [0.2, 0.25) is 0 Å². The average Bonchev–Trinajstić information content (AvgIpc) is 3.63. The SMILES string of the molecule is CN1CCN(C(=O)Cn2cc(Nc3nc4c(N5CC6CCC(C5)N6C(O)C5(C#N)CCC5)cccn4n3)cn2)CC1. The molecule has 1 saturated carbocycles. The highest BCUT2D eigenvalue weighted by Gasteiger charge is 2.53. The van der Waals surface area contributed by atoms with Crippen LogP contribution in [0.1, 0.15) is 32.1 Å². The number of aromatic nitrogens is 5. The van der Waals surface area contributed by atoms with E-state index in [4.69, 9.17) is 4.98 Å². The van der Waals surface area contributed by atoms with E-state index in [-0.39, 0.29) is 24.5 Å². The number of fused-ring (bicyclic) bond motifs is 3. The molecular formula is C28H37N11O2. The third-order valence-electron chi connectivity index (χ3n) is 9.51. The average molecular weight is 560 g/mol. The molecule has 41 heavy (non-hydrogen) atoms. The van der Waals surface area contributed by atoms with Crippen LogP contribution in [0.3, 0.4) is 0 Å². The third-order valence-corrected chi connectivity index (χ3v) is 9.51. The van der Waals surface area contributed by atoms with Crippen LogP contribution in [0.15, 0.2) is 30.7 Å². The maximum absolute atomic E-state index is 12.7. The van der Waals surface area contributed by atoms with E-state index in [0.717, 1.165) is 88.4 Å². The zero-order valence-electron chi connectivity index (χ0n) is 23.4. The fourth-order valence-electron chi connectivity index (χ4n) is 6.93. The van der Waals surface area contributed by atoms with Crippen LogP contribution in [0, 0.1) is 16.7 Å². The van der Waals surface area contributed by atoms with Gasteiger partial charge in [-0.3, -0.25) is 14.4 Å². The van der Waals surface area contributed by atoms with E-state index in [1.807, 2.05) is 17.2 Å². The Labute approximate surface area is 238 Å². The van der Waals surface area contributed by atoms with Crippen molar-refractivity contribution in [3.8, 4) is 6.07 Å². The number of likely N-dealkylation sites (N-methyl/N-ethyl adjacent to an activating group) is 1. The summed E-state index contributed by atoms with van der Waals surface area (Å²) >= 11 is 0. The van der Waals surface area contributed by atoms with Crippen LogP contribution in [-0.4, -0.2) is 115 Å². The lowest BCUT2D eigenvalue weighted by Gasteiger charge is -2.50. The summed E-state index contributed by atoms with van der Waals surface area (Å²) in [5, 5.41) is 33.3. The summed E-state index contributed by atoms with van der Waals surface area (Å²) in [6.45, 7) is 5.02. The predicted octanol–water partition coefficient (Wildman–Crippen LogP) is 1.11. The zero-order chi connectivity index (χ0) is 28.1. The van der Waals surface area contributed by atoms with E-state index < -0.39 is 11.6 Å². The number of piperazine rings is 2. The molecule has 7 rings (SSSR count). The fourth-order valence-corrected chi connectivity index (χ4v) is 6.93. The van der Waals surface area contributed by atoms with Crippen molar-refractivity contribution in [3.05, 3.63) is 30.7 Å². The quantitative estimate of drug-likeness (QED) is 0.434. The molecule has 13 heteroatoms. The van der Waals surface area contributed by atoms with Crippen LogP contribution in [0.5, 0.6) is 0 Å². The second-order valence-electron chi connectivity index (χ2n) is 12.1. The van der Waals surface area contributed by atoms with Crippen molar-refractivity contribution in [2.24, 2.45) is 5.41 Å². The molecule has 0 spiro atoms. The number of carbonyl (C=O) groups excluding carboxylic acids is 1. The molecule has 3 atom stereocenters.